The second-order valence-electron chi connectivity index (χ2n) is 4.80. The van der Waals surface area contributed by atoms with Gasteiger partial charge in [-0.2, -0.15) is 0 Å². The predicted octanol–water partition coefficient (Wildman–Crippen LogP) is 0.378. The van der Waals surface area contributed by atoms with E-state index < -0.39 is 24.1 Å². The Morgan fingerprint density at radius 1 is 1.23 bits per heavy atom. The number of ether oxygens (including phenoxy) is 1. The molecule has 0 saturated carbocycles. The van der Waals surface area contributed by atoms with E-state index in [4.69, 9.17) is 24.9 Å². The number of para-hydroxylation sites is 1. The molecule has 2 rings (SSSR count). The van der Waals surface area contributed by atoms with Crippen LogP contribution in [0.3, 0.4) is 0 Å². The molecule has 1 aliphatic heterocycles. The first kappa shape index (κ1) is 22.9. The Morgan fingerprint density at radius 2 is 1.81 bits per heavy atom. The van der Waals surface area contributed by atoms with E-state index in [0.29, 0.717) is 18.8 Å². The topological polar surface area (TPSA) is 153 Å². The molecule has 144 valence electrons. The highest BCUT2D eigenvalue weighted by Crippen LogP contribution is 2.07. The summed E-state index contributed by atoms with van der Waals surface area (Å²) >= 11 is 0. The number of carbonyl (C=O) groups excluding carboxylic acids is 1. The number of benzene rings is 1. The molecule has 1 aromatic carbocycles. The first-order valence-electron chi connectivity index (χ1n) is 7.55. The molecule has 0 aliphatic carbocycles. The van der Waals surface area contributed by atoms with Crippen molar-refractivity contribution < 1.29 is 39.2 Å². The maximum absolute atomic E-state index is 10.4. The highest BCUT2D eigenvalue weighted by Gasteiger charge is 2.27. The smallest absolute Gasteiger partial charge is 0.407 e. The van der Waals surface area contributed by atoms with Crippen molar-refractivity contribution >= 4 is 24.3 Å². The molecule has 1 fully saturated rings. The normalized spacial score (nSPS) is 15.3. The molecule has 0 aromatic heterocycles. The summed E-state index contributed by atoms with van der Waals surface area (Å²) in [4.78, 5) is 40.8. The van der Waals surface area contributed by atoms with Gasteiger partial charge in [0, 0.05) is 13.1 Å². The number of carbonyl (C=O) groups is 4. The molecular weight excluding hydrogens is 348 g/mol. The number of piperazine rings is 1. The van der Waals surface area contributed by atoms with E-state index >= 15 is 0 Å². The zero-order valence-corrected chi connectivity index (χ0v) is 14.2. The summed E-state index contributed by atoms with van der Waals surface area (Å²) in [7, 11) is 0. The van der Waals surface area contributed by atoms with Crippen molar-refractivity contribution in [3.05, 3.63) is 30.3 Å². The van der Waals surface area contributed by atoms with Crippen molar-refractivity contribution in [3.63, 3.8) is 0 Å². The van der Waals surface area contributed by atoms with Gasteiger partial charge in [0.1, 0.15) is 18.1 Å². The van der Waals surface area contributed by atoms with E-state index in [0.717, 1.165) is 11.2 Å². The van der Waals surface area contributed by atoms with Crippen molar-refractivity contribution in [2.75, 3.05) is 26.2 Å². The number of amides is 1. The molecule has 10 nitrogen and oxygen atoms in total. The number of nitrogens with one attached hydrogen (secondary N) is 1. The van der Waals surface area contributed by atoms with Crippen LogP contribution < -0.4 is 10.1 Å². The Labute approximate surface area is 150 Å². The Hall–Kier alpha value is -3.14. The van der Waals surface area contributed by atoms with Crippen LogP contribution in [0.15, 0.2) is 30.3 Å². The number of nitrogens with zero attached hydrogens (tertiary/aromatic N) is 1. The molecule has 1 unspecified atom stereocenters. The van der Waals surface area contributed by atoms with Crippen LogP contribution in [-0.2, 0) is 14.4 Å². The van der Waals surface area contributed by atoms with Crippen LogP contribution in [0, 0.1) is 0 Å². The van der Waals surface area contributed by atoms with Crippen LogP contribution in [0.25, 0.3) is 0 Å². The van der Waals surface area contributed by atoms with E-state index in [1.807, 2.05) is 6.07 Å². The third-order valence-corrected chi connectivity index (χ3v) is 2.85. The summed E-state index contributed by atoms with van der Waals surface area (Å²) < 4.78 is 4.87. The molecule has 0 radical (unpaired) electrons. The van der Waals surface area contributed by atoms with Crippen molar-refractivity contribution in [1.82, 2.24) is 10.2 Å². The van der Waals surface area contributed by atoms with Gasteiger partial charge in [0.15, 0.2) is 6.61 Å². The van der Waals surface area contributed by atoms with Gasteiger partial charge in [0.2, 0.25) is 0 Å². The summed E-state index contributed by atoms with van der Waals surface area (Å²) in [5.41, 5.74) is 0. The van der Waals surface area contributed by atoms with Crippen molar-refractivity contribution in [2.24, 2.45) is 0 Å². The molecule has 1 saturated heterocycles. The number of rotatable bonds is 4. The third kappa shape index (κ3) is 10.6. The van der Waals surface area contributed by atoms with E-state index in [-0.39, 0.29) is 13.2 Å². The summed E-state index contributed by atoms with van der Waals surface area (Å²) in [6, 6.07) is 8.07. The molecule has 0 bridgehead atoms. The maximum Gasteiger partial charge on any atom is 0.407 e. The molecule has 1 aliphatic rings. The van der Waals surface area contributed by atoms with Crippen LogP contribution in [0.1, 0.15) is 6.92 Å². The maximum atomic E-state index is 10.4. The summed E-state index contributed by atoms with van der Waals surface area (Å²) in [5.74, 6) is -1.40. The number of carboxylic acids is 2. The second-order valence-corrected chi connectivity index (χ2v) is 4.80. The quantitative estimate of drug-likeness (QED) is 0.551. The second kappa shape index (κ2) is 13.2. The largest absolute Gasteiger partial charge is 0.482 e. The van der Waals surface area contributed by atoms with Crippen LogP contribution >= 0.6 is 0 Å². The SMILES string of the molecule is CC=O.O=C(O)C1CN(C(=O)O)CCN1.O=C(O)COc1ccccc1. The summed E-state index contributed by atoms with van der Waals surface area (Å²) in [5, 5.41) is 28.0. The molecule has 0 spiro atoms. The zero-order valence-electron chi connectivity index (χ0n) is 14.2. The lowest BCUT2D eigenvalue weighted by Crippen LogP contribution is -2.55. The first-order chi connectivity index (χ1) is 12.3. The minimum absolute atomic E-state index is 0.0185. The van der Waals surface area contributed by atoms with Gasteiger partial charge in [-0.3, -0.25) is 4.79 Å². The molecule has 1 atom stereocenters. The fourth-order valence-corrected chi connectivity index (χ4v) is 1.75. The fourth-order valence-electron chi connectivity index (χ4n) is 1.75. The lowest BCUT2D eigenvalue weighted by Gasteiger charge is -2.29. The minimum atomic E-state index is -1.07. The van der Waals surface area contributed by atoms with Gasteiger partial charge in [-0.1, -0.05) is 18.2 Å². The van der Waals surface area contributed by atoms with E-state index in [1.165, 1.54) is 6.92 Å². The number of aldehydes is 1. The van der Waals surface area contributed by atoms with E-state index in [2.05, 4.69) is 5.32 Å². The van der Waals surface area contributed by atoms with Gasteiger partial charge >= 0.3 is 18.0 Å². The number of carboxylic acid groups (broad SMARTS) is 3. The molecule has 26 heavy (non-hydrogen) atoms. The van der Waals surface area contributed by atoms with Gasteiger partial charge in [0.05, 0.1) is 6.54 Å². The van der Waals surface area contributed by atoms with Crippen LogP contribution in [0.2, 0.25) is 0 Å². The standard InChI is InChI=1S/C8H8O3.C6H10N2O4.C2H4O/c9-8(10)6-11-7-4-2-1-3-5-7;9-5(10)4-3-8(6(11)12)2-1-7-4;1-2-3/h1-5H,6H2,(H,9,10);4,7H,1-3H2,(H,9,10)(H,11,12);2H,1H3. The lowest BCUT2D eigenvalue weighted by atomic mass is 10.2. The summed E-state index contributed by atoms with van der Waals surface area (Å²) in [6.45, 7) is 1.91. The Bertz CT molecular complexity index is 559. The van der Waals surface area contributed by atoms with Crippen molar-refractivity contribution in [2.45, 2.75) is 13.0 Å². The Morgan fingerprint density at radius 3 is 2.27 bits per heavy atom. The van der Waals surface area contributed by atoms with Crippen molar-refractivity contribution in [3.8, 4) is 5.75 Å². The Balaban J connectivity index is 0.000000419. The highest BCUT2D eigenvalue weighted by atomic mass is 16.5. The molecular formula is C16H22N2O8. The molecule has 1 aromatic rings. The zero-order chi connectivity index (χ0) is 19.9. The predicted molar refractivity (Wildman–Crippen MR) is 90.3 cm³/mol. The fraction of sp³-hybridized carbons (Fsp3) is 0.375. The molecule has 4 N–H and O–H groups in total. The van der Waals surface area contributed by atoms with Crippen LogP contribution in [-0.4, -0.2) is 76.8 Å². The average molecular weight is 370 g/mol. The average Bonchev–Trinajstić information content (AvgIpc) is 2.62. The van der Waals surface area contributed by atoms with Gasteiger partial charge in [-0.25, -0.2) is 9.59 Å². The lowest BCUT2D eigenvalue weighted by molar-refractivity contribution is -0.141. The summed E-state index contributed by atoms with van der Waals surface area (Å²) in [6.07, 6.45) is -0.317. The van der Waals surface area contributed by atoms with Gasteiger partial charge < -0.3 is 35.1 Å². The number of hydrogen-bond donors (Lipinski definition) is 4. The minimum Gasteiger partial charge on any atom is -0.482 e. The Kier molecular flexibility index (Phi) is 11.6. The molecule has 1 amide bonds. The van der Waals surface area contributed by atoms with Crippen LogP contribution in [0.5, 0.6) is 5.75 Å². The van der Waals surface area contributed by atoms with Gasteiger partial charge in [-0.05, 0) is 19.1 Å². The first-order valence-corrected chi connectivity index (χ1v) is 7.55. The van der Waals surface area contributed by atoms with Crippen LogP contribution in [0.4, 0.5) is 4.79 Å². The third-order valence-electron chi connectivity index (χ3n) is 2.85. The van der Waals surface area contributed by atoms with Crippen molar-refractivity contribution in [1.29, 1.82) is 0 Å². The number of hydrogen-bond acceptors (Lipinski definition) is 6. The number of aliphatic carboxylic acids is 2. The molecule has 1 heterocycles. The highest BCUT2D eigenvalue weighted by molar-refractivity contribution is 5.75. The monoisotopic (exact) mass is 370 g/mol. The van der Waals surface area contributed by atoms with E-state index in [9.17, 15) is 14.4 Å². The molecule has 10 heteroatoms. The van der Waals surface area contributed by atoms with E-state index in [1.54, 1.807) is 24.3 Å². The van der Waals surface area contributed by atoms with Gasteiger partial charge in [0.25, 0.3) is 0 Å². The van der Waals surface area contributed by atoms with Gasteiger partial charge in [-0.15, -0.1) is 0 Å².